The van der Waals surface area contributed by atoms with Crippen molar-refractivity contribution in [3.8, 4) is 0 Å². The van der Waals surface area contributed by atoms with E-state index in [1.165, 1.54) is 18.4 Å². The Morgan fingerprint density at radius 1 is 0.769 bits per heavy atom. The Kier molecular flexibility index (Phi) is 6.59. The minimum atomic E-state index is 0.702. The molecule has 0 unspecified atom stereocenters. The lowest BCUT2D eigenvalue weighted by Gasteiger charge is -2.15. The zero-order valence-electron chi connectivity index (χ0n) is 15.3. The highest BCUT2D eigenvalue weighted by atomic mass is 15.0. The maximum atomic E-state index is 4.40. The number of aryl methyl sites for hydroxylation is 1. The van der Waals surface area contributed by atoms with Gasteiger partial charge in [-0.2, -0.15) is 0 Å². The summed E-state index contributed by atoms with van der Waals surface area (Å²) in [6, 6.07) is 18.6. The number of aromatic nitrogens is 2. The van der Waals surface area contributed by atoms with Gasteiger partial charge in [0.05, 0.1) is 35.9 Å². The minimum absolute atomic E-state index is 0.702. The zero-order chi connectivity index (χ0) is 18.0. The third-order valence-electron chi connectivity index (χ3n) is 4.28. The van der Waals surface area contributed by atoms with Gasteiger partial charge in [0, 0.05) is 12.4 Å². The van der Waals surface area contributed by atoms with Crippen molar-refractivity contribution in [2.24, 2.45) is 0 Å². The van der Waals surface area contributed by atoms with Crippen LogP contribution in [0.15, 0.2) is 67.0 Å². The summed E-state index contributed by atoms with van der Waals surface area (Å²) in [4.78, 5) is 8.78. The Morgan fingerprint density at radius 2 is 1.42 bits per heavy atom. The Hall–Kier alpha value is -2.88. The summed E-state index contributed by atoms with van der Waals surface area (Å²) < 4.78 is 0. The average molecular weight is 346 g/mol. The first-order valence-electron chi connectivity index (χ1n) is 9.25. The molecule has 4 nitrogen and oxygen atoms in total. The van der Waals surface area contributed by atoms with E-state index < -0.39 is 0 Å². The van der Waals surface area contributed by atoms with Gasteiger partial charge in [-0.25, -0.2) is 0 Å². The molecule has 0 saturated heterocycles. The second-order valence-electron chi connectivity index (χ2n) is 6.33. The summed E-state index contributed by atoms with van der Waals surface area (Å²) in [7, 11) is 0. The van der Waals surface area contributed by atoms with Crippen LogP contribution in [0, 0.1) is 0 Å². The lowest BCUT2D eigenvalue weighted by Crippen LogP contribution is -2.07. The molecule has 26 heavy (non-hydrogen) atoms. The molecule has 3 aromatic rings. The fourth-order valence-electron chi connectivity index (χ4n) is 2.81. The number of nitrogens with one attached hydrogen (secondary N) is 2. The maximum Gasteiger partial charge on any atom is 0.0594 e. The Balaban J connectivity index is 1.73. The molecule has 4 heteroatoms. The molecule has 0 fully saturated rings. The SMILES string of the molecule is CCCCc1ccc(NCc2ccccn2)c(NCc2ccccn2)c1. The van der Waals surface area contributed by atoms with Crippen LogP contribution in [0.4, 0.5) is 11.4 Å². The highest BCUT2D eigenvalue weighted by Gasteiger charge is 2.05. The van der Waals surface area contributed by atoms with Gasteiger partial charge >= 0.3 is 0 Å². The maximum absolute atomic E-state index is 4.40. The summed E-state index contributed by atoms with van der Waals surface area (Å²) in [5.41, 5.74) is 5.62. The van der Waals surface area contributed by atoms with E-state index in [2.05, 4.69) is 45.7 Å². The van der Waals surface area contributed by atoms with Gasteiger partial charge in [0.1, 0.15) is 0 Å². The molecule has 0 aliphatic rings. The fourth-order valence-corrected chi connectivity index (χ4v) is 2.81. The number of hydrogen-bond acceptors (Lipinski definition) is 4. The molecule has 2 heterocycles. The number of anilines is 2. The highest BCUT2D eigenvalue weighted by Crippen LogP contribution is 2.25. The van der Waals surface area contributed by atoms with E-state index >= 15 is 0 Å². The van der Waals surface area contributed by atoms with Crippen molar-refractivity contribution in [3.05, 3.63) is 83.9 Å². The topological polar surface area (TPSA) is 49.8 Å². The minimum Gasteiger partial charge on any atom is -0.378 e. The molecule has 134 valence electrons. The van der Waals surface area contributed by atoms with Gasteiger partial charge in [-0.3, -0.25) is 9.97 Å². The number of pyridine rings is 2. The Labute approximate surface area is 155 Å². The van der Waals surface area contributed by atoms with E-state index in [1.54, 1.807) is 0 Å². The van der Waals surface area contributed by atoms with Gasteiger partial charge in [-0.1, -0.05) is 31.5 Å². The van der Waals surface area contributed by atoms with Crippen molar-refractivity contribution < 1.29 is 0 Å². The third-order valence-corrected chi connectivity index (χ3v) is 4.28. The number of hydrogen-bond donors (Lipinski definition) is 2. The monoisotopic (exact) mass is 346 g/mol. The molecule has 3 rings (SSSR count). The van der Waals surface area contributed by atoms with E-state index in [1.807, 2.05) is 48.8 Å². The van der Waals surface area contributed by atoms with Crippen LogP contribution < -0.4 is 10.6 Å². The van der Waals surface area contributed by atoms with Crippen LogP contribution in [-0.4, -0.2) is 9.97 Å². The van der Waals surface area contributed by atoms with E-state index in [4.69, 9.17) is 0 Å². The zero-order valence-corrected chi connectivity index (χ0v) is 15.3. The molecule has 0 saturated carbocycles. The summed E-state index contributed by atoms with van der Waals surface area (Å²) >= 11 is 0. The van der Waals surface area contributed by atoms with Crippen molar-refractivity contribution in [2.45, 2.75) is 39.3 Å². The van der Waals surface area contributed by atoms with Crippen LogP contribution >= 0.6 is 0 Å². The average Bonchev–Trinajstić information content (AvgIpc) is 2.71. The number of benzene rings is 1. The van der Waals surface area contributed by atoms with Crippen LogP contribution in [0.3, 0.4) is 0 Å². The van der Waals surface area contributed by atoms with Gasteiger partial charge in [0.15, 0.2) is 0 Å². The first kappa shape index (κ1) is 17.9. The second kappa shape index (κ2) is 9.56. The number of rotatable bonds is 9. The normalized spacial score (nSPS) is 10.5. The molecule has 2 N–H and O–H groups in total. The van der Waals surface area contributed by atoms with Gasteiger partial charge in [0.2, 0.25) is 0 Å². The second-order valence-corrected chi connectivity index (χ2v) is 6.33. The highest BCUT2D eigenvalue weighted by molar-refractivity contribution is 5.69. The first-order valence-corrected chi connectivity index (χ1v) is 9.25. The molecule has 0 radical (unpaired) electrons. The molecule has 0 atom stereocenters. The Morgan fingerprint density at radius 3 is 2.00 bits per heavy atom. The quantitative estimate of drug-likeness (QED) is 0.570. The van der Waals surface area contributed by atoms with Crippen LogP contribution in [-0.2, 0) is 19.5 Å². The van der Waals surface area contributed by atoms with E-state index in [9.17, 15) is 0 Å². The number of unbranched alkanes of at least 4 members (excludes halogenated alkanes) is 1. The molecule has 2 aromatic heterocycles. The first-order chi connectivity index (χ1) is 12.8. The molecule has 0 amide bonds. The molecule has 1 aromatic carbocycles. The predicted octanol–water partition coefficient (Wildman–Crippen LogP) is 5.04. The summed E-state index contributed by atoms with van der Waals surface area (Å²) in [5.74, 6) is 0. The van der Waals surface area contributed by atoms with Crippen LogP contribution in [0.1, 0.15) is 36.7 Å². The van der Waals surface area contributed by atoms with Crippen molar-refractivity contribution >= 4 is 11.4 Å². The molecule has 0 spiro atoms. The molecular weight excluding hydrogens is 320 g/mol. The Bertz CT molecular complexity index is 788. The van der Waals surface area contributed by atoms with Gasteiger partial charge in [-0.15, -0.1) is 0 Å². The third kappa shape index (κ3) is 5.31. The molecular formula is C22H26N4. The van der Waals surface area contributed by atoms with E-state index in [0.717, 1.165) is 29.2 Å². The number of nitrogens with zero attached hydrogens (tertiary/aromatic N) is 2. The summed E-state index contributed by atoms with van der Waals surface area (Å²) in [6.07, 6.45) is 7.17. The predicted molar refractivity (Wildman–Crippen MR) is 108 cm³/mol. The van der Waals surface area contributed by atoms with Gasteiger partial charge < -0.3 is 10.6 Å². The van der Waals surface area contributed by atoms with Crippen molar-refractivity contribution in [2.75, 3.05) is 10.6 Å². The summed E-state index contributed by atoms with van der Waals surface area (Å²) in [5, 5.41) is 7.04. The lowest BCUT2D eigenvalue weighted by atomic mass is 10.1. The van der Waals surface area contributed by atoms with Crippen LogP contribution in [0.25, 0.3) is 0 Å². The van der Waals surface area contributed by atoms with E-state index in [-0.39, 0.29) is 0 Å². The lowest BCUT2D eigenvalue weighted by molar-refractivity contribution is 0.795. The molecule has 0 aliphatic heterocycles. The fraction of sp³-hybridized carbons (Fsp3) is 0.273. The van der Waals surface area contributed by atoms with Gasteiger partial charge in [-0.05, 0) is 54.8 Å². The van der Waals surface area contributed by atoms with Gasteiger partial charge in [0.25, 0.3) is 0 Å². The van der Waals surface area contributed by atoms with E-state index in [0.29, 0.717) is 13.1 Å². The smallest absolute Gasteiger partial charge is 0.0594 e. The summed E-state index contributed by atoms with van der Waals surface area (Å²) in [6.45, 7) is 3.63. The van der Waals surface area contributed by atoms with Crippen molar-refractivity contribution in [3.63, 3.8) is 0 Å². The van der Waals surface area contributed by atoms with Crippen LogP contribution in [0.5, 0.6) is 0 Å². The standard InChI is InChI=1S/C22H26N4/c1-2-3-8-18-11-12-21(25-16-19-9-4-6-13-23-19)22(15-18)26-17-20-10-5-7-14-24-20/h4-7,9-15,25-26H,2-3,8,16-17H2,1H3. The molecule has 0 bridgehead atoms. The van der Waals surface area contributed by atoms with Crippen LogP contribution in [0.2, 0.25) is 0 Å². The largest absolute Gasteiger partial charge is 0.378 e. The molecule has 0 aliphatic carbocycles. The van der Waals surface area contributed by atoms with Crippen molar-refractivity contribution in [1.29, 1.82) is 0 Å². The van der Waals surface area contributed by atoms with Crippen molar-refractivity contribution in [1.82, 2.24) is 9.97 Å².